The van der Waals surface area contributed by atoms with Crippen molar-refractivity contribution in [2.75, 3.05) is 7.11 Å². The van der Waals surface area contributed by atoms with Crippen LogP contribution in [0.15, 0.2) is 40.9 Å². The first-order valence-corrected chi connectivity index (χ1v) is 6.59. The van der Waals surface area contributed by atoms with Crippen molar-refractivity contribution >= 4 is 15.9 Å². The first-order chi connectivity index (χ1) is 9.65. The van der Waals surface area contributed by atoms with Crippen LogP contribution in [0.3, 0.4) is 0 Å². The summed E-state index contributed by atoms with van der Waals surface area (Å²) in [5, 5.41) is 8.91. The van der Waals surface area contributed by atoms with Gasteiger partial charge in [-0.3, -0.25) is 0 Å². The minimum absolute atomic E-state index is 0.0833. The highest BCUT2D eigenvalue weighted by Gasteiger charge is 2.09. The lowest BCUT2D eigenvalue weighted by Gasteiger charge is -2.10. The number of nitrogens with zero attached hydrogens (tertiary/aromatic N) is 1. The predicted molar refractivity (Wildman–Crippen MR) is 76.1 cm³/mol. The van der Waals surface area contributed by atoms with Gasteiger partial charge in [-0.05, 0) is 45.8 Å². The second-order valence-corrected chi connectivity index (χ2v) is 4.84. The van der Waals surface area contributed by atoms with E-state index in [-0.39, 0.29) is 17.9 Å². The van der Waals surface area contributed by atoms with Gasteiger partial charge in [-0.15, -0.1) is 0 Å². The van der Waals surface area contributed by atoms with E-state index < -0.39 is 5.82 Å². The van der Waals surface area contributed by atoms with E-state index in [4.69, 9.17) is 14.7 Å². The molecule has 0 unspecified atom stereocenters. The van der Waals surface area contributed by atoms with E-state index in [9.17, 15) is 4.39 Å². The molecule has 0 aromatic heterocycles. The van der Waals surface area contributed by atoms with Crippen molar-refractivity contribution in [2.24, 2.45) is 0 Å². The molecule has 2 aromatic rings. The smallest absolute Gasteiger partial charge is 0.144 e. The normalized spacial score (nSPS) is 9.90. The Morgan fingerprint density at radius 2 is 2.05 bits per heavy atom. The van der Waals surface area contributed by atoms with Crippen LogP contribution >= 0.6 is 15.9 Å². The quantitative estimate of drug-likeness (QED) is 0.846. The molecule has 0 saturated heterocycles. The molecule has 0 spiro atoms. The third-order valence-corrected chi connectivity index (χ3v) is 3.32. The van der Waals surface area contributed by atoms with Crippen molar-refractivity contribution < 1.29 is 13.9 Å². The number of hydrogen-bond donors (Lipinski definition) is 0. The van der Waals surface area contributed by atoms with Gasteiger partial charge < -0.3 is 9.47 Å². The van der Waals surface area contributed by atoms with Crippen molar-refractivity contribution in [3.63, 3.8) is 0 Å². The van der Waals surface area contributed by atoms with Crippen LogP contribution in [0.5, 0.6) is 11.5 Å². The maximum Gasteiger partial charge on any atom is 0.144 e. The van der Waals surface area contributed by atoms with E-state index in [1.165, 1.54) is 12.1 Å². The molecule has 102 valence electrons. The summed E-state index contributed by atoms with van der Waals surface area (Å²) in [7, 11) is 1.59. The summed E-state index contributed by atoms with van der Waals surface area (Å²) < 4.78 is 24.9. The molecule has 2 aromatic carbocycles. The van der Waals surface area contributed by atoms with Gasteiger partial charge in [0.2, 0.25) is 0 Å². The molecule has 0 N–H and O–H groups in total. The van der Waals surface area contributed by atoms with Gasteiger partial charge in [0.1, 0.15) is 35.6 Å². The van der Waals surface area contributed by atoms with Crippen molar-refractivity contribution in [3.05, 3.63) is 57.8 Å². The number of rotatable bonds is 4. The van der Waals surface area contributed by atoms with Crippen LogP contribution in [-0.4, -0.2) is 7.11 Å². The zero-order valence-corrected chi connectivity index (χ0v) is 12.3. The van der Waals surface area contributed by atoms with Gasteiger partial charge in [0.05, 0.1) is 11.6 Å². The number of benzene rings is 2. The molecule has 0 aliphatic heterocycles. The SMILES string of the molecule is COc1ccc(COc2cccc(F)c2C#N)cc1Br. The van der Waals surface area contributed by atoms with Crippen molar-refractivity contribution in [2.45, 2.75) is 6.61 Å². The first kappa shape index (κ1) is 14.4. The minimum atomic E-state index is -0.582. The molecule has 0 heterocycles. The van der Waals surface area contributed by atoms with Crippen molar-refractivity contribution in [1.82, 2.24) is 0 Å². The van der Waals surface area contributed by atoms with E-state index in [0.29, 0.717) is 0 Å². The number of hydrogen-bond acceptors (Lipinski definition) is 3. The topological polar surface area (TPSA) is 42.2 Å². The molecule has 0 fully saturated rings. The monoisotopic (exact) mass is 335 g/mol. The lowest BCUT2D eigenvalue weighted by Crippen LogP contribution is -1.99. The number of methoxy groups -OCH3 is 1. The van der Waals surface area contributed by atoms with Gasteiger partial charge >= 0.3 is 0 Å². The Morgan fingerprint density at radius 3 is 2.70 bits per heavy atom. The highest BCUT2D eigenvalue weighted by atomic mass is 79.9. The van der Waals surface area contributed by atoms with Gasteiger partial charge in [-0.2, -0.15) is 5.26 Å². The van der Waals surface area contributed by atoms with Gasteiger partial charge in [0.15, 0.2) is 0 Å². The maximum absolute atomic E-state index is 13.4. The first-order valence-electron chi connectivity index (χ1n) is 5.79. The van der Waals surface area contributed by atoms with Crippen LogP contribution in [0, 0.1) is 17.1 Å². The third kappa shape index (κ3) is 3.09. The molecule has 5 heteroatoms. The van der Waals surface area contributed by atoms with E-state index in [1.807, 2.05) is 12.1 Å². The number of halogens is 2. The maximum atomic E-state index is 13.4. The summed E-state index contributed by atoms with van der Waals surface area (Å²) in [5.74, 6) is 0.373. The Bertz CT molecular complexity index is 667. The zero-order valence-electron chi connectivity index (χ0n) is 10.7. The zero-order chi connectivity index (χ0) is 14.5. The number of nitriles is 1. The lowest BCUT2D eigenvalue weighted by atomic mass is 10.2. The molecular weight excluding hydrogens is 325 g/mol. The van der Waals surface area contributed by atoms with E-state index in [0.717, 1.165) is 15.8 Å². The molecule has 2 rings (SSSR count). The van der Waals surface area contributed by atoms with Crippen LogP contribution in [0.25, 0.3) is 0 Å². The Morgan fingerprint density at radius 1 is 1.25 bits per heavy atom. The van der Waals surface area contributed by atoms with Gasteiger partial charge in [0, 0.05) is 0 Å². The minimum Gasteiger partial charge on any atom is -0.496 e. The number of ether oxygens (including phenoxy) is 2. The molecule has 0 bridgehead atoms. The summed E-state index contributed by atoms with van der Waals surface area (Å²) in [5.41, 5.74) is 0.797. The van der Waals surface area contributed by atoms with Gasteiger partial charge in [0.25, 0.3) is 0 Å². The van der Waals surface area contributed by atoms with E-state index in [2.05, 4.69) is 15.9 Å². The van der Waals surface area contributed by atoms with Gasteiger partial charge in [-0.25, -0.2) is 4.39 Å². The third-order valence-electron chi connectivity index (χ3n) is 2.70. The highest BCUT2D eigenvalue weighted by Crippen LogP contribution is 2.27. The van der Waals surface area contributed by atoms with Crippen LogP contribution in [0.1, 0.15) is 11.1 Å². The highest BCUT2D eigenvalue weighted by molar-refractivity contribution is 9.10. The molecular formula is C15H11BrFNO2. The van der Waals surface area contributed by atoms with Crippen molar-refractivity contribution in [1.29, 1.82) is 5.26 Å². The average Bonchev–Trinajstić information content (AvgIpc) is 2.45. The largest absolute Gasteiger partial charge is 0.496 e. The van der Waals surface area contributed by atoms with Crippen LogP contribution in [-0.2, 0) is 6.61 Å². The molecule has 0 atom stereocenters. The second-order valence-electron chi connectivity index (χ2n) is 3.98. The summed E-state index contributed by atoms with van der Waals surface area (Å²) in [6, 6.07) is 11.6. The van der Waals surface area contributed by atoms with E-state index in [1.54, 1.807) is 25.3 Å². The summed E-state index contributed by atoms with van der Waals surface area (Å²) >= 11 is 3.38. The lowest BCUT2D eigenvalue weighted by molar-refractivity contribution is 0.303. The molecule has 0 saturated carbocycles. The van der Waals surface area contributed by atoms with E-state index >= 15 is 0 Å². The fourth-order valence-electron chi connectivity index (χ4n) is 1.69. The molecule has 20 heavy (non-hydrogen) atoms. The Balaban J connectivity index is 2.15. The fourth-order valence-corrected chi connectivity index (χ4v) is 2.28. The Hall–Kier alpha value is -2.06. The standard InChI is InChI=1S/C15H11BrFNO2/c1-19-15-6-5-10(7-12(15)16)9-20-14-4-2-3-13(17)11(14)8-18/h2-7H,9H2,1H3. The predicted octanol–water partition coefficient (Wildman–Crippen LogP) is 4.05. The Labute approximate surface area is 124 Å². The molecule has 0 radical (unpaired) electrons. The average molecular weight is 336 g/mol. The fraction of sp³-hybridized carbons (Fsp3) is 0.133. The summed E-state index contributed by atoms with van der Waals surface area (Å²) in [4.78, 5) is 0. The van der Waals surface area contributed by atoms with Crippen LogP contribution < -0.4 is 9.47 Å². The molecule has 0 aliphatic rings. The Kier molecular flexibility index (Phi) is 4.59. The molecule has 3 nitrogen and oxygen atoms in total. The molecule has 0 aliphatic carbocycles. The summed E-state index contributed by atoms with van der Waals surface area (Å²) in [6.07, 6.45) is 0. The van der Waals surface area contributed by atoms with Crippen molar-refractivity contribution in [3.8, 4) is 17.6 Å². The second kappa shape index (κ2) is 6.40. The van der Waals surface area contributed by atoms with Crippen LogP contribution in [0.2, 0.25) is 0 Å². The summed E-state index contributed by atoms with van der Waals surface area (Å²) in [6.45, 7) is 0.237. The molecule has 0 amide bonds. The van der Waals surface area contributed by atoms with Crippen LogP contribution in [0.4, 0.5) is 4.39 Å². The van der Waals surface area contributed by atoms with Gasteiger partial charge in [-0.1, -0.05) is 12.1 Å².